The van der Waals surface area contributed by atoms with Crippen molar-refractivity contribution in [3.63, 3.8) is 0 Å². The number of carbonyl (C=O) groups is 3. The minimum absolute atomic E-state index is 0.00914. The van der Waals surface area contributed by atoms with Gasteiger partial charge in [-0.2, -0.15) is 0 Å². The van der Waals surface area contributed by atoms with Crippen molar-refractivity contribution < 1.29 is 28.6 Å². The Morgan fingerprint density at radius 3 is 1.73 bits per heavy atom. The molecule has 0 spiro atoms. The number of hydrogen-bond donors (Lipinski definition) is 3. The average molecular weight is 625 g/mol. The second-order valence-electron chi connectivity index (χ2n) is 16.3. The maximum atomic E-state index is 13.6. The van der Waals surface area contributed by atoms with Crippen LogP contribution < -0.4 is 17.2 Å². The normalized spacial score (nSPS) is 30.5. The zero-order chi connectivity index (χ0) is 33.2. The summed E-state index contributed by atoms with van der Waals surface area (Å²) in [7, 11) is 0. The molecule has 3 heterocycles. The third-order valence-electron chi connectivity index (χ3n) is 8.44. The van der Waals surface area contributed by atoms with Gasteiger partial charge in [0.1, 0.15) is 16.8 Å². The monoisotopic (exact) mass is 624 g/mol. The molecule has 0 radical (unpaired) electrons. The summed E-state index contributed by atoms with van der Waals surface area (Å²) in [5.41, 5.74) is 17.7. The SMILES string of the molecule is CC(C)(C)OC(=O)N1CC(C[C@H]2CN(C(=O)OC(C)(C)C)C(C[C@@H]3C[C@H](N)CCN3C(=O)OC(C)(C)C)C[C@H]2N)C[C@@H](N)C1. The maximum absolute atomic E-state index is 13.6. The fraction of sp³-hybridized carbons (Fsp3) is 0.906. The number of carbonyl (C=O) groups excluding carboxylic acids is 3. The molecule has 0 bridgehead atoms. The Bertz CT molecular complexity index is 1000. The summed E-state index contributed by atoms with van der Waals surface area (Å²) in [4.78, 5) is 45.0. The van der Waals surface area contributed by atoms with E-state index in [0.717, 1.165) is 12.8 Å². The Labute approximate surface area is 264 Å². The van der Waals surface area contributed by atoms with Crippen LogP contribution in [0.2, 0.25) is 0 Å². The summed E-state index contributed by atoms with van der Waals surface area (Å²) in [5, 5.41) is 0. The molecule has 7 atom stereocenters. The van der Waals surface area contributed by atoms with Crippen LogP contribution in [0.25, 0.3) is 0 Å². The third kappa shape index (κ3) is 10.9. The summed E-state index contributed by atoms with van der Waals surface area (Å²) in [6, 6.07) is -0.805. The van der Waals surface area contributed by atoms with Gasteiger partial charge in [0.25, 0.3) is 0 Å². The van der Waals surface area contributed by atoms with Gasteiger partial charge in [-0.1, -0.05) is 0 Å². The molecule has 3 aliphatic rings. The van der Waals surface area contributed by atoms with Crippen LogP contribution in [0.15, 0.2) is 0 Å². The third-order valence-corrected chi connectivity index (χ3v) is 8.44. The number of ether oxygens (including phenoxy) is 3. The van der Waals surface area contributed by atoms with Gasteiger partial charge in [0.05, 0.1) is 0 Å². The smallest absolute Gasteiger partial charge is 0.410 e. The standard InChI is InChI=1S/C32H60N6O6/c1-30(2,3)42-27(39)36-17-20(13-23(34)19-36)12-21-18-38(29(41)44-32(7,8)9)25(16-26(21)35)15-24-14-22(33)10-11-37(24)28(40)43-31(4,5)6/h20-26H,10-19,33-35H2,1-9H3/t20?,21-,22+,23+,24-,25?,26+/m0/s1. The van der Waals surface area contributed by atoms with Crippen molar-refractivity contribution in [3.8, 4) is 0 Å². The van der Waals surface area contributed by atoms with Gasteiger partial charge in [-0.05, 0) is 113 Å². The molecule has 3 rings (SSSR count). The van der Waals surface area contributed by atoms with Crippen LogP contribution in [-0.4, -0.2) is 106 Å². The van der Waals surface area contributed by atoms with Gasteiger partial charge >= 0.3 is 18.3 Å². The van der Waals surface area contributed by atoms with Crippen LogP contribution in [0.3, 0.4) is 0 Å². The van der Waals surface area contributed by atoms with Crippen molar-refractivity contribution in [2.75, 3.05) is 26.2 Å². The molecule has 3 aliphatic heterocycles. The molecule has 0 saturated carbocycles. The van der Waals surface area contributed by atoms with Gasteiger partial charge in [0.2, 0.25) is 0 Å². The van der Waals surface area contributed by atoms with E-state index in [1.165, 1.54) is 0 Å². The first-order valence-corrected chi connectivity index (χ1v) is 16.3. The van der Waals surface area contributed by atoms with Crippen molar-refractivity contribution in [1.82, 2.24) is 14.7 Å². The predicted molar refractivity (Wildman–Crippen MR) is 170 cm³/mol. The van der Waals surface area contributed by atoms with E-state index in [2.05, 4.69) is 0 Å². The second-order valence-corrected chi connectivity index (χ2v) is 16.3. The fourth-order valence-electron chi connectivity index (χ4n) is 6.69. The summed E-state index contributed by atoms with van der Waals surface area (Å²) in [5.74, 6) is 0.114. The zero-order valence-corrected chi connectivity index (χ0v) is 28.6. The molecule has 254 valence electrons. The molecule has 0 aromatic heterocycles. The number of amides is 3. The van der Waals surface area contributed by atoms with Crippen LogP contribution >= 0.6 is 0 Å². The molecule has 3 fully saturated rings. The lowest BCUT2D eigenvalue weighted by atomic mass is 9.78. The Kier molecular flexibility index (Phi) is 11.5. The number of likely N-dealkylation sites (tertiary alicyclic amines) is 3. The van der Waals surface area contributed by atoms with Crippen molar-refractivity contribution in [3.05, 3.63) is 0 Å². The molecule has 3 amide bonds. The van der Waals surface area contributed by atoms with Crippen molar-refractivity contribution in [2.45, 2.75) is 148 Å². The van der Waals surface area contributed by atoms with Gasteiger partial charge in [0, 0.05) is 56.4 Å². The second kappa shape index (κ2) is 14.0. The highest BCUT2D eigenvalue weighted by atomic mass is 16.6. The lowest BCUT2D eigenvalue weighted by Gasteiger charge is -2.47. The molecule has 12 nitrogen and oxygen atoms in total. The van der Waals surface area contributed by atoms with E-state index in [1.54, 1.807) is 14.7 Å². The maximum Gasteiger partial charge on any atom is 0.410 e. The van der Waals surface area contributed by atoms with Crippen molar-refractivity contribution in [1.29, 1.82) is 0 Å². The van der Waals surface area contributed by atoms with Crippen LogP contribution in [-0.2, 0) is 14.2 Å². The van der Waals surface area contributed by atoms with Crippen LogP contribution in [0.5, 0.6) is 0 Å². The summed E-state index contributed by atoms with van der Waals surface area (Å²) in [6.07, 6.45) is 2.79. The first-order chi connectivity index (χ1) is 20.1. The van der Waals surface area contributed by atoms with Crippen LogP contribution in [0, 0.1) is 11.8 Å². The highest BCUT2D eigenvalue weighted by molar-refractivity contribution is 5.70. The zero-order valence-electron chi connectivity index (χ0n) is 28.6. The number of nitrogens with zero attached hydrogens (tertiary/aromatic N) is 3. The summed E-state index contributed by atoms with van der Waals surface area (Å²) < 4.78 is 17.2. The van der Waals surface area contributed by atoms with Crippen LogP contribution in [0.1, 0.15) is 101 Å². The van der Waals surface area contributed by atoms with E-state index in [0.29, 0.717) is 51.9 Å². The van der Waals surface area contributed by atoms with Gasteiger partial charge in [-0.3, -0.25) is 0 Å². The minimum atomic E-state index is -0.670. The minimum Gasteiger partial charge on any atom is -0.444 e. The van der Waals surface area contributed by atoms with Crippen molar-refractivity contribution in [2.24, 2.45) is 29.0 Å². The van der Waals surface area contributed by atoms with Crippen LogP contribution in [0.4, 0.5) is 14.4 Å². The van der Waals surface area contributed by atoms with E-state index < -0.39 is 16.8 Å². The highest BCUT2D eigenvalue weighted by Gasteiger charge is 2.43. The predicted octanol–water partition coefficient (Wildman–Crippen LogP) is 4.03. The number of hydrogen-bond acceptors (Lipinski definition) is 9. The summed E-state index contributed by atoms with van der Waals surface area (Å²) >= 11 is 0. The molecule has 3 saturated heterocycles. The van der Waals surface area contributed by atoms with E-state index in [-0.39, 0.29) is 60.3 Å². The first kappa shape index (κ1) is 36.2. The molecule has 2 unspecified atom stereocenters. The van der Waals surface area contributed by atoms with Crippen molar-refractivity contribution >= 4 is 18.3 Å². The molecule has 44 heavy (non-hydrogen) atoms. The molecule has 0 aliphatic carbocycles. The van der Waals surface area contributed by atoms with Gasteiger partial charge < -0.3 is 46.1 Å². The molecular formula is C32H60N6O6. The Balaban J connectivity index is 1.78. The number of nitrogens with two attached hydrogens (primary N) is 3. The van der Waals surface area contributed by atoms with E-state index in [9.17, 15) is 14.4 Å². The number of piperidine rings is 3. The van der Waals surface area contributed by atoms with Gasteiger partial charge in [0.15, 0.2) is 0 Å². The molecule has 6 N–H and O–H groups in total. The summed E-state index contributed by atoms with van der Waals surface area (Å²) in [6.45, 7) is 18.6. The Morgan fingerprint density at radius 2 is 1.16 bits per heavy atom. The Morgan fingerprint density at radius 1 is 0.636 bits per heavy atom. The number of rotatable bonds is 4. The fourth-order valence-corrected chi connectivity index (χ4v) is 6.69. The average Bonchev–Trinajstić information content (AvgIpc) is 2.82. The van der Waals surface area contributed by atoms with E-state index >= 15 is 0 Å². The van der Waals surface area contributed by atoms with Gasteiger partial charge in [-0.15, -0.1) is 0 Å². The lowest BCUT2D eigenvalue weighted by Crippen LogP contribution is -2.59. The highest BCUT2D eigenvalue weighted by Crippen LogP contribution is 2.35. The largest absolute Gasteiger partial charge is 0.444 e. The van der Waals surface area contributed by atoms with Gasteiger partial charge in [-0.25, -0.2) is 14.4 Å². The lowest BCUT2D eigenvalue weighted by molar-refractivity contribution is -0.0174. The quantitative estimate of drug-likeness (QED) is 0.391. The Hall–Kier alpha value is -2.31. The molecule has 12 heteroatoms. The van der Waals surface area contributed by atoms with E-state index in [1.807, 2.05) is 62.3 Å². The molecular weight excluding hydrogens is 564 g/mol. The van der Waals surface area contributed by atoms with E-state index in [4.69, 9.17) is 31.4 Å². The topological polar surface area (TPSA) is 167 Å². The molecule has 0 aromatic rings. The molecule has 0 aromatic carbocycles. The first-order valence-electron chi connectivity index (χ1n) is 16.3.